The van der Waals surface area contributed by atoms with Crippen LogP contribution in [0.2, 0.25) is 0 Å². The zero-order chi connectivity index (χ0) is 22.0. The molecule has 0 N–H and O–H groups in total. The van der Waals surface area contributed by atoms with Gasteiger partial charge in [-0.15, -0.1) is 0 Å². The van der Waals surface area contributed by atoms with Crippen LogP contribution >= 0.6 is 0 Å². The summed E-state index contributed by atoms with van der Waals surface area (Å²) in [6.07, 6.45) is 0. The molecule has 0 saturated heterocycles. The molecule has 0 atom stereocenters. The number of aryl methyl sites for hydroxylation is 1. The molecule has 0 aliphatic rings. The minimum atomic E-state index is -3.88. The van der Waals surface area contributed by atoms with Crippen LogP contribution in [-0.4, -0.2) is 38.1 Å². The fourth-order valence-corrected chi connectivity index (χ4v) is 3.81. The van der Waals surface area contributed by atoms with Crippen molar-refractivity contribution in [2.45, 2.75) is 44.9 Å². The predicted octanol–water partition coefficient (Wildman–Crippen LogP) is 3.72. The lowest BCUT2D eigenvalue weighted by molar-refractivity contribution is -0.134. The number of esters is 1. The van der Waals surface area contributed by atoms with Gasteiger partial charge in [-0.3, -0.25) is 9.59 Å². The second-order valence-corrected chi connectivity index (χ2v) is 10.1. The van der Waals surface area contributed by atoms with Crippen LogP contribution in [-0.2, 0) is 20.2 Å². The quantitative estimate of drug-likeness (QED) is 0.406. The van der Waals surface area contributed by atoms with Crippen LogP contribution in [0.25, 0.3) is 0 Å². The van der Waals surface area contributed by atoms with Gasteiger partial charge in [0.25, 0.3) is 0 Å². The van der Waals surface area contributed by atoms with E-state index in [-0.39, 0.29) is 16.1 Å². The van der Waals surface area contributed by atoms with Crippen molar-refractivity contribution in [1.82, 2.24) is 4.31 Å². The summed E-state index contributed by atoms with van der Waals surface area (Å²) in [6, 6.07) is 11.2. The van der Waals surface area contributed by atoms with Gasteiger partial charge in [0.1, 0.15) is 12.3 Å². The van der Waals surface area contributed by atoms with Gasteiger partial charge in [0.05, 0.1) is 4.90 Å². The number of ether oxygens (including phenoxy) is 1. The van der Waals surface area contributed by atoms with E-state index in [0.717, 1.165) is 15.4 Å². The van der Waals surface area contributed by atoms with Gasteiger partial charge in [0, 0.05) is 12.6 Å². The molecule has 0 aromatic heterocycles. The van der Waals surface area contributed by atoms with Gasteiger partial charge in [0.2, 0.25) is 10.0 Å². The molecule has 0 aliphatic carbocycles. The average Bonchev–Trinajstić information content (AvgIpc) is 2.62. The zero-order valence-corrected chi connectivity index (χ0v) is 18.5. The third-order valence-electron chi connectivity index (χ3n) is 4.59. The summed E-state index contributed by atoms with van der Waals surface area (Å²) >= 11 is 0. The molecule has 2 aromatic rings. The Morgan fingerprint density at radius 3 is 2.10 bits per heavy atom. The summed E-state index contributed by atoms with van der Waals surface area (Å²) in [5.74, 6) is -0.429. The van der Waals surface area contributed by atoms with Crippen molar-refractivity contribution < 1.29 is 22.7 Å². The first-order chi connectivity index (χ1) is 13.3. The Balaban J connectivity index is 2.11. The first-order valence-corrected chi connectivity index (χ1v) is 10.7. The van der Waals surface area contributed by atoms with E-state index in [9.17, 15) is 18.0 Å². The van der Waals surface area contributed by atoms with Gasteiger partial charge in [0.15, 0.2) is 5.78 Å². The van der Waals surface area contributed by atoms with Crippen molar-refractivity contribution >= 4 is 21.8 Å². The Hall–Kier alpha value is -2.51. The number of Topliss-reactive ketones (excluding diaryl/α,β-unsaturated/α-hetero) is 1. The number of hydrogen-bond acceptors (Lipinski definition) is 5. The third-order valence-corrected chi connectivity index (χ3v) is 6.40. The highest BCUT2D eigenvalue weighted by molar-refractivity contribution is 7.89. The summed E-state index contributed by atoms with van der Waals surface area (Å²) in [5.41, 5.74) is 2.30. The first kappa shape index (κ1) is 22.8. The highest BCUT2D eigenvalue weighted by Crippen LogP contribution is 2.27. The van der Waals surface area contributed by atoms with Crippen LogP contribution in [0.15, 0.2) is 47.4 Å². The smallest absolute Gasteiger partial charge is 0.326 e. The Kier molecular flexibility index (Phi) is 6.65. The number of carbonyl (C=O) groups is 2. The Morgan fingerprint density at radius 1 is 1.03 bits per heavy atom. The first-order valence-electron chi connectivity index (χ1n) is 9.21. The van der Waals surface area contributed by atoms with Crippen LogP contribution in [0, 0.1) is 6.92 Å². The monoisotopic (exact) mass is 417 g/mol. The number of sulfonamides is 1. The minimum Gasteiger partial charge on any atom is -0.425 e. The SMILES string of the molecule is CC(=O)c1ccc(S(=O)(=O)N(C)CC(=O)Oc2ccc(C(C)(C)C)cc2C)cc1. The largest absolute Gasteiger partial charge is 0.425 e. The molecule has 29 heavy (non-hydrogen) atoms. The number of carbonyl (C=O) groups excluding carboxylic acids is 2. The Labute approximate surface area is 172 Å². The van der Waals surface area contributed by atoms with Crippen LogP contribution in [0.1, 0.15) is 49.2 Å². The Bertz CT molecular complexity index is 1020. The fourth-order valence-electron chi connectivity index (χ4n) is 2.69. The van der Waals surface area contributed by atoms with Crippen LogP contribution in [0.5, 0.6) is 5.75 Å². The van der Waals surface area contributed by atoms with E-state index in [0.29, 0.717) is 11.3 Å². The van der Waals surface area contributed by atoms with Gasteiger partial charge < -0.3 is 4.74 Å². The summed E-state index contributed by atoms with van der Waals surface area (Å²) < 4.78 is 31.6. The van der Waals surface area contributed by atoms with Gasteiger partial charge >= 0.3 is 5.97 Å². The van der Waals surface area contributed by atoms with Crippen LogP contribution < -0.4 is 4.74 Å². The number of hydrogen-bond donors (Lipinski definition) is 0. The highest BCUT2D eigenvalue weighted by atomic mass is 32.2. The topological polar surface area (TPSA) is 80.8 Å². The molecule has 0 fully saturated rings. The van der Waals surface area contributed by atoms with E-state index >= 15 is 0 Å². The molecule has 2 rings (SSSR count). The molecule has 7 heteroatoms. The van der Waals surface area contributed by atoms with Crippen molar-refractivity contribution in [3.63, 3.8) is 0 Å². The highest BCUT2D eigenvalue weighted by Gasteiger charge is 2.24. The van der Waals surface area contributed by atoms with E-state index in [4.69, 9.17) is 4.74 Å². The maximum Gasteiger partial charge on any atom is 0.326 e. The molecule has 0 bridgehead atoms. The Morgan fingerprint density at radius 2 is 1.62 bits per heavy atom. The van der Waals surface area contributed by atoms with Crippen LogP contribution in [0.3, 0.4) is 0 Å². The second kappa shape index (κ2) is 8.47. The molecular formula is C22H27NO5S. The van der Waals surface area contributed by atoms with Gasteiger partial charge in [-0.2, -0.15) is 4.31 Å². The molecule has 0 aliphatic heterocycles. The number of nitrogens with zero attached hydrogens (tertiary/aromatic N) is 1. The van der Waals surface area contributed by atoms with Gasteiger partial charge in [-0.05, 0) is 48.6 Å². The molecule has 0 heterocycles. The normalized spacial score (nSPS) is 12.1. The standard InChI is InChI=1S/C22H27NO5S/c1-15-13-18(22(3,4)5)9-12-20(15)28-21(25)14-23(6)29(26,27)19-10-7-17(8-11-19)16(2)24/h7-13H,14H2,1-6H3. The third kappa shape index (κ3) is 5.52. The molecule has 156 valence electrons. The summed E-state index contributed by atoms with van der Waals surface area (Å²) in [4.78, 5) is 23.7. The van der Waals surface area contributed by atoms with Crippen molar-refractivity contribution in [3.8, 4) is 5.75 Å². The average molecular weight is 418 g/mol. The molecule has 0 saturated carbocycles. The molecule has 2 aromatic carbocycles. The molecule has 0 unspecified atom stereocenters. The zero-order valence-electron chi connectivity index (χ0n) is 17.6. The van der Waals surface area contributed by atoms with Crippen molar-refractivity contribution in [2.24, 2.45) is 0 Å². The van der Waals surface area contributed by atoms with E-state index in [1.54, 1.807) is 6.07 Å². The van der Waals surface area contributed by atoms with Gasteiger partial charge in [-0.1, -0.05) is 45.0 Å². The second-order valence-electron chi connectivity index (χ2n) is 8.05. The maximum absolute atomic E-state index is 12.7. The number of likely N-dealkylation sites (N-methyl/N-ethyl adjacent to an activating group) is 1. The van der Waals surface area contributed by atoms with E-state index in [1.165, 1.54) is 38.2 Å². The van der Waals surface area contributed by atoms with Crippen molar-refractivity contribution in [1.29, 1.82) is 0 Å². The van der Waals surface area contributed by atoms with Gasteiger partial charge in [-0.25, -0.2) is 8.42 Å². The van der Waals surface area contributed by atoms with E-state index < -0.39 is 22.5 Å². The number of benzene rings is 2. The van der Waals surface area contributed by atoms with E-state index in [1.807, 2.05) is 19.1 Å². The summed E-state index contributed by atoms with van der Waals surface area (Å²) in [7, 11) is -2.57. The minimum absolute atomic E-state index is 0.00325. The van der Waals surface area contributed by atoms with Crippen LogP contribution in [0.4, 0.5) is 0 Å². The molecular weight excluding hydrogens is 390 g/mol. The lowest BCUT2D eigenvalue weighted by Gasteiger charge is -2.21. The molecule has 0 spiro atoms. The number of rotatable bonds is 6. The summed E-state index contributed by atoms with van der Waals surface area (Å²) in [6.45, 7) is 9.09. The predicted molar refractivity (Wildman–Crippen MR) is 112 cm³/mol. The van der Waals surface area contributed by atoms with Crippen molar-refractivity contribution in [3.05, 3.63) is 59.2 Å². The molecule has 0 amide bonds. The lowest BCUT2D eigenvalue weighted by atomic mass is 9.86. The van der Waals surface area contributed by atoms with Crippen molar-refractivity contribution in [2.75, 3.05) is 13.6 Å². The molecule has 6 nitrogen and oxygen atoms in total. The number of ketones is 1. The fraction of sp³-hybridized carbons (Fsp3) is 0.364. The summed E-state index contributed by atoms with van der Waals surface area (Å²) in [5, 5.41) is 0. The lowest BCUT2D eigenvalue weighted by Crippen LogP contribution is -2.34. The van der Waals surface area contributed by atoms with E-state index in [2.05, 4.69) is 20.8 Å². The molecule has 0 radical (unpaired) electrons. The maximum atomic E-state index is 12.7.